The van der Waals surface area contributed by atoms with Crippen LogP contribution < -0.4 is 5.32 Å². The van der Waals surface area contributed by atoms with E-state index in [0.29, 0.717) is 18.1 Å². The van der Waals surface area contributed by atoms with Crippen LogP contribution in [-0.2, 0) is 14.3 Å². The van der Waals surface area contributed by atoms with Crippen molar-refractivity contribution in [3.05, 3.63) is 35.8 Å². The van der Waals surface area contributed by atoms with Gasteiger partial charge in [-0.1, -0.05) is 6.07 Å². The second-order valence-corrected chi connectivity index (χ2v) is 3.78. The lowest BCUT2D eigenvalue weighted by atomic mass is 10.3. The number of carbonyl (C=O) groups is 2. The molecule has 0 spiro atoms. The van der Waals surface area contributed by atoms with Gasteiger partial charge in [0.2, 0.25) is 0 Å². The molecule has 1 aliphatic heterocycles. The van der Waals surface area contributed by atoms with Crippen molar-refractivity contribution in [3.8, 4) is 0 Å². The summed E-state index contributed by atoms with van der Waals surface area (Å²) in [4.78, 5) is 31.1. The van der Waals surface area contributed by atoms with Crippen LogP contribution in [-0.4, -0.2) is 29.3 Å². The summed E-state index contributed by atoms with van der Waals surface area (Å²) in [6.45, 7) is 2.02. The molecule has 98 valence electrons. The van der Waals surface area contributed by atoms with Crippen LogP contribution >= 0.6 is 0 Å². The van der Waals surface area contributed by atoms with Gasteiger partial charge in [-0.25, -0.2) is 4.99 Å². The number of aromatic nitrogens is 1. The molecule has 1 N–H and O–H groups in total. The van der Waals surface area contributed by atoms with E-state index in [2.05, 4.69) is 15.3 Å². The maximum Gasteiger partial charge on any atom is 0.313 e. The van der Waals surface area contributed by atoms with Crippen molar-refractivity contribution in [1.29, 1.82) is 0 Å². The van der Waals surface area contributed by atoms with E-state index >= 15 is 0 Å². The summed E-state index contributed by atoms with van der Waals surface area (Å²) in [6, 6.07) is 5.36. The van der Waals surface area contributed by atoms with Crippen LogP contribution in [0.25, 0.3) is 6.08 Å². The van der Waals surface area contributed by atoms with E-state index in [1.54, 1.807) is 31.3 Å². The van der Waals surface area contributed by atoms with Crippen LogP contribution in [0.5, 0.6) is 0 Å². The van der Waals surface area contributed by atoms with Gasteiger partial charge < -0.3 is 10.1 Å². The maximum atomic E-state index is 11.7. The van der Waals surface area contributed by atoms with Gasteiger partial charge >= 0.3 is 5.97 Å². The normalized spacial score (nSPS) is 16.2. The average Bonchev–Trinajstić information content (AvgIpc) is 2.71. The molecule has 0 aromatic carbocycles. The third kappa shape index (κ3) is 3.48. The molecule has 0 fully saturated rings. The maximum absolute atomic E-state index is 11.7. The summed E-state index contributed by atoms with van der Waals surface area (Å²) < 4.78 is 4.79. The molecule has 0 saturated heterocycles. The summed E-state index contributed by atoms with van der Waals surface area (Å²) in [5.41, 5.74) is 0.867. The molecule has 6 heteroatoms. The molecular formula is C13H13N3O3. The minimum Gasteiger partial charge on any atom is -0.466 e. The highest BCUT2D eigenvalue weighted by atomic mass is 16.5. The number of carbonyl (C=O) groups excluding carboxylic acids is 2. The molecule has 2 heterocycles. The number of nitrogens with one attached hydrogen (secondary N) is 1. The van der Waals surface area contributed by atoms with E-state index < -0.39 is 5.97 Å². The highest BCUT2D eigenvalue weighted by Crippen LogP contribution is 2.11. The highest BCUT2D eigenvalue weighted by Gasteiger charge is 2.22. The van der Waals surface area contributed by atoms with Crippen molar-refractivity contribution in [1.82, 2.24) is 10.3 Å². The van der Waals surface area contributed by atoms with Crippen LogP contribution in [0.15, 0.2) is 35.1 Å². The second-order valence-electron chi connectivity index (χ2n) is 3.78. The molecule has 0 atom stereocenters. The fourth-order valence-electron chi connectivity index (χ4n) is 1.55. The van der Waals surface area contributed by atoms with E-state index in [4.69, 9.17) is 4.74 Å². The van der Waals surface area contributed by atoms with Crippen molar-refractivity contribution in [2.24, 2.45) is 4.99 Å². The van der Waals surface area contributed by atoms with Gasteiger partial charge in [-0.3, -0.25) is 14.6 Å². The van der Waals surface area contributed by atoms with Gasteiger partial charge in [0.25, 0.3) is 5.91 Å². The Labute approximate surface area is 110 Å². The number of hydrogen-bond acceptors (Lipinski definition) is 5. The molecule has 1 amide bonds. The van der Waals surface area contributed by atoms with Gasteiger partial charge in [0.05, 0.1) is 12.3 Å². The summed E-state index contributed by atoms with van der Waals surface area (Å²) in [6.07, 6.45) is 3.15. The lowest BCUT2D eigenvalue weighted by Gasteiger charge is -2.00. The Morgan fingerprint density at radius 1 is 1.47 bits per heavy atom. The zero-order valence-electron chi connectivity index (χ0n) is 10.4. The Hall–Kier alpha value is -2.50. The Kier molecular flexibility index (Phi) is 4.02. The minimum absolute atomic E-state index is 0.0425. The number of nitrogens with zero attached hydrogens (tertiary/aromatic N) is 2. The van der Waals surface area contributed by atoms with Crippen LogP contribution in [0.3, 0.4) is 0 Å². The summed E-state index contributed by atoms with van der Waals surface area (Å²) in [5.74, 6) is -0.462. The highest BCUT2D eigenvalue weighted by molar-refractivity contribution is 6.17. The number of rotatable bonds is 4. The van der Waals surface area contributed by atoms with Crippen molar-refractivity contribution in [2.45, 2.75) is 13.3 Å². The summed E-state index contributed by atoms with van der Waals surface area (Å²) >= 11 is 0. The molecule has 0 radical (unpaired) electrons. The monoisotopic (exact) mass is 259 g/mol. The zero-order chi connectivity index (χ0) is 13.7. The van der Waals surface area contributed by atoms with E-state index in [1.807, 2.05) is 6.07 Å². The molecule has 1 aromatic heterocycles. The molecule has 1 aliphatic rings. The SMILES string of the molecule is CCOC(=O)CC1=N/C(=C\c2ccccn2)C(=O)N1. The van der Waals surface area contributed by atoms with E-state index in [-0.39, 0.29) is 18.0 Å². The third-order valence-corrected chi connectivity index (χ3v) is 2.34. The first-order valence-electron chi connectivity index (χ1n) is 5.86. The number of aliphatic imine (C=N–C) groups is 1. The van der Waals surface area contributed by atoms with Crippen LogP contribution in [0.4, 0.5) is 0 Å². The quantitative estimate of drug-likeness (QED) is 0.643. The van der Waals surface area contributed by atoms with Gasteiger partial charge in [-0.15, -0.1) is 0 Å². The molecule has 19 heavy (non-hydrogen) atoms. The van der Waals surface area contributed by atoms with Gasteiger partial charge in [-0.2, -0.15) is 0 Å². The average molecular weight is 259 g/mol. The lowest BCUT2D eigenvalue weighted by Crippen LogP contribution is -2.26. The topological polar surface area (TPSA) is 80.7 Å². The fraction of sp³-hybridized carbons (Fsp3) is 0.231. The van der Waals surface area contributed by atoms with E-state index in [1.165, 1.54) is 0 Å². The van der Waals surface area contributed by atoms with Crippen molar-refractivity contribution in [3.63, 3.8) is 0 Å². The molecule has 2 rings (SSSR count). The number of pyridine rings is 1. The Morgan fingerprint density at radius 2 is 2.32 bits per heavy atom. The fourth-order valence-corrected chi connectivity index (χ4v) is 1.55. The van der Waals surface area contributed by atoms with Crippen LogP contribution in [0.1, 0.15) is 19.0 Å². The predicted octanol–water partition coefficient (Wildman–Crippen LogP) is 0.904. The smallest absolute Gasteiger partial charge is 0.313 e. The van der Waals surface area contributed by atoms with Gasteiger partial charge in [0, 0.05) is 6.20 Å². The molecule has 0 aliphatic carbocycles. The van der Waals surface area contributed by atoms with Crippen molar-refractivity contribution < 1.29 is 14.3 Å². The zero-order valence-corrected chi connectivity index (χ0v) is 10.4. The first-order chi connectivity index (χ1) is 9.19. The lowest BCUT2D eigenvalue weighted by molar-refractivity contribution is -0.141. The standard InChI is InChI=1S/C13H13N3O3/c1-2-19-12(17)8-11-15-10(13(18)16-11)7-9-5-3-4-6-14-9/h3-7H,2,8H2,1H3,(H,15,16,18)/b10-7-. The first-order valence-corrected chi connectivity index (χ1v) is 5.86. The van der Waals surface area contributed by atoms with Gasteiger partial charge in [0.1, 0.15) is 18.0 Å². The van der Waals surface area contributed by atoms with E-state index in [0.717, 1.165) is 0 Å². The van der Waals surface area contributed by atoms with Crippen LogP contribution in [0.2, 0.25) is 0 Å². The Balaban J connectivity index is 2.11. The predicted molar refractivity (Wildman–Crippen MR) is 69.0 cm³/mol. The molecule has 0 unspecified atom stereocenters. The number of hydrogen-bond donors (Lipinski definition) is 1. The molecule has 6 nitrogen and oxygen atoms in total. The first kappa shape index (κ1) is 12.9. The number of esters is 1. The van der Waals surface area contributed by atoms with Gasteiger partial charge in [0.15, 0.2) is 0 Å². The Bertz CT molecular complexity index is 550. The molecule has 0 saturated carbocycles. The molecular weight excluding hydrogens is 246 g/mol. The van der Waals surface area contributed by atoms with Crippen LogP contribution in [0, 0.1) is 0 Å². The minimum atomic E-state index is -0.416. The van der Waals surface area contributed by atoms with E-state index in [9.17, 15) is 9.59 Å². The van der Waals surface area contributed by atoms with Crippen molar-refractivity contribution in [2.75, 3.05) is 6.61 Å². The summed E-state index contributed by atoms with van der Waals surface area (Å²) in [7, 11) is 0. The summed E-state index contributed by atoms with van der Waals surface area (Å²) in [5, 5.41) is 2.53. The number of amides is 1. The largest absolute Gasteiger partial charge is 0.466 e. The number of amidine groups is 1. The molecule has 0 bridgehead atoms. The van der Waals surface area contributed by atoms with Gasteiger partial charge in [-0.05, 0) is 25.1 Å². The third-order valence-electron chi connectivity index (χ3n) is 2.34. The molecule has 1 aromatic rings. The second kappa shape index (κ2) is 5.90. The van der Waals surface area contributed by atoms with Crippen molar-refractivity contribution >= 4 is 23.8 Å². The number of ether oxygens (including phenoxy) is 1. The Morgan fingerprint density at radius 3 is 3.00 bits per heavy atom.